The third kappa shape index (κ3) is 3.70. The summed E-state index contributed by atoms with van der Waals surface area (Å²) in [5, 5.41) is 4.58. The van der Waals surface area contributed by atoms with E-state index in [1.54, 1.807) is 16.8 Å². The van der Waals surface area contributed by atoms with Gasteiger partial charge in [0, 0.05) is 49.1 Å². The molecule has 1 fully saturated rings. The lowest BCUT2D eigenvalue weighted by Gasteiger charge is -2.19. The molecular weight excluding hydrogens is 367 g/mol. The van der Waals surface area contributed by atoms with Gasteiger partial charge in [0.1, 0.15) is 5.82 Å². The summed E-state index contributed by atoms with van der Waals surface area (Å²) >= 11 is 0. The highest BCUT2D eigenvalue weighted by molar-refractivity contribution is 5.87. The van der Waals surface area contributed by atoms with E-state index in [2.05, 4.69) is 23.6 Å². The van der Waals surface area contributed by atoms with Gasteiger partial charge in [-0.05, 0) is 61.4 Å². The summed E-state index contributed by atoms with van der Waals surface area (Å²) in [5.74, 6) is -0.154. The number of aromatic nitrogens is 3. The van der Waals surface area contributed by atoms with Crippen LogP contribution in [0.1, 0.15) is 24.8 Å². The number of hydrogen-bond acceptors (Lipinski definition) is 3. The monoisotopic (exact) mass is 390 g/mol. The van der Waals surface area contributed by atoms with Crippen molar-refractivity contribution in [3.8, 4) is 22.5 Å². The molecule has 5 nitrogen and oxygen atoms in total. The number of pyridine rings is 1. The molecule has 0 bridgehead atoms. The molecule has 1 unspecified atom stereocenters. The maximum absolute atomic E-state index is 13.3. The lowest BCUT2D eigenvalue weighted by atomic mass is 9.91. The van der Waals surface area contributed by atoms with Crippen molar-refractivity contribution in [3.05, 3.63) is 72.8 Å². The predicted molar refractivity (Wildman–Crippen MR) is 111 cm³/mol. The van der Waals surface area contributed by atoms with Gasteiger partial charge in [-0.15, -0.1) is 0 Å². The number of carbonyl (C=O) groups is 1. The smallest absolute Gasteiger partial charge is 0.246 e. The van der Waals surface area contributed by atoms with E-state index in [-0.39, 0.29) is 23.7 Å². The fourth-order valence-corrected chi connectivity index (χ4v) is 4.03. The first-order chi connectivity index (χ1) is 14.0. The van der Waals surface area contributed by atoms with Gasteiger partial charge in [-0.3, -0.25) is 14.5 Å². The van der Waals surface area contributed by atoms with Gasteiger partial charge in [0.05, 0.1) is 11.4 Å². The van der Waals surface area contributed by atoms with Crippen LogP contribution in [-0.2, 0) is 11.8 Å². The molecule has 6 heteroatoms. The quantitative estimate of drug-likeness (QED) is 0.628. The van der Waals surface area contributed by atoms with E-state index in [0.29, 0.717) is 6.54 Å². The minimum Gasteiger partial charge on any atom is -0.336 e. The Labute approximate surface area is 169 Å². The fourth-order valence-electron chi connectivity index (χ4n) is 4.03. The average molecular weight is 390 g/mol. The lowest BCUT2D eigenvalue weighted by Crippen LogP contribution is -2.32. The molecule has 29 heavy (non-hydrogen) atoms. The first kappa shape index (κ1) is 19.1. The Morgan fingerprint density at radius 1 is 1.24 bits per heavy atom. The van der Waals surface area contributed by atoms with E-state index in [4.69, 9.17) is 0 Å². The summed E-state index contributed by atoms with van der Waals surface area (Å²) in [5.41, 5.74) is 4.53. The maximum atomic E-state index is 13.3. The second kappa shape index (κ2) is 7.62. The maximum Gasteiger partial charge on any atom is 0.246 e. The summed E-state index contributed by atoms with van der Waals surface area (Å²) in [6.45, 7) is 6.30. The second-order valence-corrected chi connectivity index (χ2v) is 7.51. The molecule has 0 saturated carbocycles. The van der Waals surface area contributed by atoms with Crippen LogP contribution in [0.15, 0.2) is 61.4 Å². The van der Waals surface area contributed by atoms with Crippen LogP contribution in [0, 0.1) is 5.82 Å². The Balaban J connectivity index is 1.76. The molecular formula is C23H23FN4O. The Hall–Kier alpha value is -3.28. The Morgan fingerprint density at radius 2 is 2.00 bits per heavy atom. The molecule has 1 saturated heterocycles. The standard InChI is InChI=1S/C23H23FN4O/c1-4-23(29)28-14-17(11-15(28)2)20-13-25-22(16-5-7-18(24)8-6-16)12-19(20)21-9-10-27(3)26-21/h4-10,12-13,15,17H,1,11,14H2,2-3H3/t15-,17?/m0/s1. The molecule has 3 heterocycles. The molecule has 0 N–H and O–H groups in total. The number of amides is 1. The van der Waals surface area contributed by atoms with Crippen LogP contribution in [0.4, 0.5) is 4.39 Å². The highest BCUT2D eigenvalue weighted by Gasteiger charge is 2.34. The fraction of sp³-hybridized carbons (Fsp3) is 0.261. The van der Waals surface area contributed by atoms with E-state index in [1.165, 1.54) is 18.2 Å². The first-order valence-electron chi connectivity index (χ1n) is 9.65. The van der Waals surface area contributed by atoms with Gasteiger partial charge >= 0.3 is 0 Å². The van der Waals surface area contributed by atoms with E-state index in [1.807, 2.05) is 36.5 Å². The number of benzene rings is 1. The molecule has 2 atom stereocenters. The van der Waals surface area contributed by atoms with Gasteiger partial charge < -0.3 is 4.90 Å². The molecule has 3 aromatic rings. The van der Waals surface area contributed by atoms with E-state index < -0.39 is 0 Å². The van der Waals surface area contributed by atoms with Crippen molar-refractivity contribution in [2.24, 2.45) is 7.05 Å². The number of rotatable bonds is 4. The summed E-state index contributed by atoms with van der Waals surface area (Å²) in [6, 6.07) is 10.4. The van der Waals surface area contributed by atoms with E-state index in [9.17, 15) is 9.18 Å². The van der Waals surface area contributed by atoms with Crippen LogP contribution >= 0.6 is 0 Å². The van der Waals surface area contributed by atoms with Crippen LogP contribution in [0.25, 0.3) is 22.5 Å². The van der Waals surface area contributed by atoms with E-state index >= 15 is 0 Å². The van der Waals surface area contributed by atoms with Gasteiger partial charge in [-0.25, -0.2) is 4.39 Å². The van der Waals surface area contributed by atoms with Gasteiger partial charge in [-0.1, -0.05) is 6.58 Å². The number of aryl methyl sites for hydroxylation is 1. The summed E-state index contributed by atoms with van der Waals surface area (Å²) in [6.07, 6.45) is 6.01. The number of likely N-dealkylation sites (tertiary alicyclic amines) is 1. The molecule has 0 aliphatic carbocycles. The average Bonchev–Trinajstić information content (AvgIpc) is 3.33. The molecule has 2 aromatic heterocycles. The topological polar surface area (TPSA) is 51.0 Å². The van der Waals surface area contributed by atoms with Gasteiger partial charge in [0.15, 0.2) is 0 Å². The van der Waals surface area contributed by atoms with Crippen molar-refractivity contribution in [2.75, 3.05) is 6.54 Å². The lowest BCUT2D eigenvalue weighted by molar-refractivity contribution is -0.126. The molecule has 1 amide bonds. The summed E-state index contributed by atoms with van der Waals surface area (Å²) in [4.78, 5) is 18.7. The number of hydrogen-bond donors (Lipinski definition) is 0. The predicted octanol–water partition coefficient (Wildman–Crippen LogP) is 4.18. The van der Waals surface area contributed by atoms with Crippen molar-refractivity contribution in [1.82, 2.24) is 19.7 Å². The van der Waals surface area contributed by atoms with Crippen molar-refractivity contribution in [1.29, 1.82) is 0 Å². The summed E-state index contributed by atoms with van der Waals surface area (Å²) in [7, 11) is 1.88. The highest BCUT2D eigenvalue weighted by atomic mass is 19.1. The van der Waals surface area contributed by atoms with Gasteiger partial charge in [0.25, 0.3) is 0 Å². The van der Waals surface area contributed by atoms with Crippen molar-refractivity contribution in [3.63, 3.8) is 0 Å². The third-order valence-corrected chi connectivity index (χ3v) is 5.54. The molecule has 1 aliphatic rings. The van der Waals surface area contributed by atoms with Crippen LogP contribution in [0.5, 0.6) is 0 Å². The normalized spacial score (nSPS) is 18.8. The number of carbonyl (C=O) groups excluding carboxylic acids is 1. The second-order valence-electron chi connectivity index (χ2n) is 7.51. The Bertz CT molecular complexity index is 1060. The molecule has 0 radical (unpaired) electrons. The Kier molecular flexibility index (Phi) is 5.01. The van der Waals surface area contributed by atoms with Gasteiger partial charge in [-0.2, -0.15) is 5.10 Å². The molecule has 0 spiro atoms. The summed E-state index contributed by atoms with van der Waals surface area (Å²) < 4.78 is 15.1. The minimum atomic E-state index is -0.276. The largest absolute Gasteiger partial charge is 0.336 e. The first-order valence-corrected chi connectivity index (χ1v) is 9.65. The van der Waals surface area contributed by atoms with Crippen LogP contribution < -0.4 is 0 Å². The van der Waals surface area contributed by atoms with Crippen molar-refractivity contribution >= 4 is 5.91 Å². The zero-order valence-corrected chi connectivity index (χ0v) is 16.5. The number of nitrogens with zero attached hydrogens (tertiary/aromatic N) is 4. The SMILES string of the molecule is C=CC(=O)N1CC(c2cnc(-c3ccc(F)cc3)cc2-c2ccn(C)n2)C[C@@H]1C. The van der Waals surface area contributed by atoms with Crippen LogP contribution in [0.2, 0.25) is 0 Å². The zero-order valence-electron chi connectivity index (χ0n) is 16.5. The van der Waals surface area contributed by atoms with Crippen LogP contribution in [0.3, 0.4) is 0 Å². The van der Waals surface area contributed by atoms with Gasteiger partial charge in [0.2, 0.25) is 5.91 Å². The van der Waals surface area contributed by atoms with Crippen molar-refractivity contribution < 1.29 is 9.18 Å². The number of halogens is 1. The van der Waals surface area contributed by atoms with Crippen molar-refractivity contribution in [2.45, 2.75) is 25.3 Å². The highest BCUT2D eigenvalue weighted by Crippen LogP contribution is 2.38. The molecule has 1 aliphatic heterocycles. The van der Waals surface area contributed by atoms with E-state index in [0.717, 1.165) is 34.5 Å². The third-order valence-electron chi connectivity index (χ3n) is 5.54. The Morgan fingerprint density at radius 3 is 2.66 bits per heavy atom. The zero-order chi connectivity index (χ0) is 20.5. The minimum absolute atomic E-state index is 0.0460. The molecule has 1 aromatic carbocycles. The molecule has 4 rings (SSSR count). The molecule has 148 valence electrons. The van der Waals surface area contributed by atoms with Crippen LogP contribution in [-0.4, -0.2) is 38.2 Å².